The van der Waals surface area contributed by atoms with E-state index >= 15 is 0 Å². The molecule has 0 saturated heterocycles. The number of fused-ring (bicyclic) bond motifs is 1. The number of anilines is 2. The zero-order valence-electron chi connectivity index (χ0n) is 19.9. The Morgan fingerprint density at radius 1 is 0.974 bits per heavy atom. The fourth-order valence-corrected chi connectivity index (χ4v) is 4.18. The van der Waals surface area contributed by atoms with Crippen LogP contribution in [0.3, 0.4) is 0 Å². The van der Waals surface area contributed by atoms with Crippen LogP contribution in [0.15, 0.2) is 97.3 Å². The maximum Gasteiger partial charge on any atom is 0.328 e. The van der Waals surface area contributed by atoms with E-state index in [1.165, 1.54) is 18.5 Å². The third kappa shape index (κ3) is 5.96. The molecule has 2 N–H and O–H groups in total. The number of carboxylic acids is 1. The number of rotatable bonds is 8. The van der Waals surface area contributed by atoms with E-state index in [1.54, 1.807) is 30.3 Å². The molecule has 0 bridgehead atoms. The molecule has 0 fully saturated rings. The van der Waals surface area contributed by atoms with Gasteiger partial charge in [-0.2, -0.15) is 0 Å². The lowest BCUT2D eigenvalue weighted by Gasteiger charge is -2.12. The average Bonchev–Trinajstić information content (AvgIpc) is 2.92. The smallest absolute Gasteiger partial charge is 0.328 e. The molecule has 0 spiro atoms. The molecule has 38 heavy (non-hydrogen) atoms. The Bertz CT molecular complexity index is 1670. The Hall–Kier alpha value is -4.75. The van der Waals surface area contributed by atoms with Crippen molar-refractivity contribution in [1.82, 2.24) is 9.97 Å². The number of hydrogen-bond acceptors (Lipinski definition) is 5. The molecule has 6 nitrogen and oxygen atoms in total. The summed E-state index contributed by atoms with van der Waals surface area (Å²) in [4.78, 5) is 19.7. The van der Waals surface area contributed by atoms with Gasteiger partial charge in [-0.25, -0.2) is 19.2 Å². The Morgan fingerprint density at radius 2 is 1.82 bits per heavy atom. The third-order valence-corrected chi connectivity index (χ3v) is 6.05. The maximum atomic E-state index is 13.4. The maximum absolute atomic E-state index is 13.4. The lowest BCUT2D eigenvalue weighted by molar-refractivity contribution is -0.131. The van der Waals surface area contributed by atoms with E-state index in [0.29, 0.717) is 27.8 Å². The molecule has 0 aliphatic heterocycles. The first-order valence-corrected chi connectivity index (χ1v) is 12.0. The van der Waals surface area contributed by atoms with E-state index in [-0.39, 0.29) is 12.4 Å². The summed E-state index contributed by atoms with van der Waals surface area (Å²) in [6, 6.07) is 25.0. The predicted molar refractivity (Wildman–Crippen MR) is 147 cm³/mol. The highest BCUT2D eigenvalue weighted by molar-refractivity contribution is 6.32. The highest BCUT2D eigenvalue weighted by Crippen LogP contribution is 2.32. The standard InChI is InChI=1S/C30H21ClFN3O3/c31-26-16-24(9-11-28(26)38-17-20-4-2-6-23(32)14-20)35-30-25-15-22(8-10-27(25)33-18-34-30)21-5-1-3-19(13-21)7-12-29(36)37/h1-16,18H,17H2,(H,36,37)(H,33,34,35)/b12-7+. The van der Waals surface area contributed by atoms with E-state index in [9.17, 15) is 9.18 Å². The van der Waals surface area contributed by atoms with Gasteiger partial charge in [0.1, 0.15) is 30.3 Å². The summed E-state index contributed by atoms with van der Waals surface area (Å²) in [5.74, 6) is -0.239. The van der Waals surface area contributed by atoms with Crippen LogP contribution in [-0.4, -0.2) is 21.0 Å². The molecule has 0 aliphatic carbocycles. The zero-order chi connectivity index (χ0) is 26.5. The Labute approximate surface area is 223 Å². The van der Waals surface area contributed by atoms with Crippen LogP contribution in [0, 0.1) is 5.82 Å². The van der Waals surface area contributed by atoms with Crippen LogP contribution >= 0.6 is 11.6 Å². The molecule has 0 radical (unpaired) electrons. The summed E-state index contributed by atoms with van der Waals surface area (Å²) in [7, 11) is 0. The van der Waals surface area contributed by atoms with Crippen molar-refractivity contribution in [2.24, 2.45) is 0 Å². The molecule has 188 valence electrons. The number of nitrogens with zero attached hydrogens (tertiary/aromatic N) is 2. The summed E-state index contributed by atoms with van der Waals surface area (Å²) in [6.45, 7) is 0.191. The number of nitrogens with one attached hydrogen (secondary N) is 1. The first-order chi connectivity index (χ1) is 18.4. The molecular formula is C30H21ClFN3O3. The highest BCUT2D eigenvalue weighted by atomic mass is 35.5. The molecule has 5 rings (SSSR count). The third-order valence-electron chi connectivity index (χ3n) is 5.75. The number of hydrogen-bond donors (Lipinski definition) is 2. The zero-order valence-corrected chi connectivity index (χ0v) is 20.7. The van der Waals surface area contributed by atoms with Gasteiger partial charge in [0.05, 0.1) is 10.5 Å². The fourth-order valence-electron chi connectivity index (χ4n) is 3.95. The second kappa shape index (κ2) is 11.1. The molecule has 0 atom stereocenters. The monoisotopic (exact) mass is 525 g/mol. The van der Waals surface area contributed by atoms with Gasteiger partial charge in [0.25, 0.3) is 0 Å². The van der Waals surface area contributed by atoms with Gasteiger partial charge in [-0.3, -0.25) is 0 Å². The summed E-state index contributed by atoms with van der Waals surface area (Å²) in [5, 5.41) is 13.4. The van der Waals surface area contributed by atoms with Gasteiger partial charge in [0, 0.05) is 17.1 Å². The second-order valence-electron chi connectivity index (χ2n) is 8.44. The van der Waals surface area contributed by atoms with Crippen molar-refractivity contribution in [3.63, 3.8) is 0 Å². The SMILES string of the molecule is O=C(O)/C=C/c1cccc(-c2ccc3ncnc(Nc4ccc(OCc5cccc(F)c5)c(Cl)c4)c3c2)c1. The van der Waals surface area contributed by atoms with Crippen LogP contribution in [0.25, 0.3) is 28.1 Å². The topological polar surface area (TPSA) is 84.3 Å². The van der Waals surface area contributed by atoms with E-state index in [2.05, 4.69) is 15.3 Å². The van der Waals surface area contributed by atoms with Crippen molar-refractivity contribution >= 4 is 46.1 Å². The van der Waals surface area contributed by atoms with Crippen LogP contribution in [0.5, 0.6) is 5.75 Å². The minimum absolute atomic E-state index is 0.191. The normalized spacial score (nSPS) is 11.1. The first-order valence-electron chi connectivity index (χ1n) is 11.6. The fraction of sp³-hybridized carbons (Fsp3) is 0.0333. The number of halogens is 2. The molecule has 1 heterocycles. The van der Waals surface area contributed by atoms with Gasteiger partial charge in [-0.05, 0) is 76.9 Å². The molecule has 0 amide bonds. The lowest BCUT2D eigenvalue weighted by atomic mass is 10.0. The van der Waals surface area contributed by atoms with E-state index in [1.807, 2.05) is 48.5 Å². The first kappa shape index (κ1) is 24.9. The summed E-state index contributed by atoms with van der Waals surface area (Å²) >= 11 is 6.46. The Morgan fingerprint density at radius 3 is 2.63 bits per heavy atom. The Kier molecular flexibility index (Phi) is 7.28. The molecule has 4 aromatic carbocycles. The van der Waals surface area contributed by atoms with E-state index in [4.69, 9.17) is 21.4 Å². The van der Waals surface area contributed by atoms with Crippen LogP contribution in [0.2, 0.25) is 5.02 Å². The van der Waals surface area contributed by atoms with Gasteiger partial charge in [0.2, 0.25) is 0 Å². The number of carboxylic acid groups (broad SMARTS) is 1. The van der Waals surface area contributed by atoms with Crippen LogP contribution < -0.4 is 10.1 Å². The van der Waals surface area contributed by atoms with Crippen molar-refractivity contribution in [3.8, 4) is 16.9 Å². The lowest BCUT2D eigenvalue weighted by Crippen LogP contribution is -1.99. The number of aromatic nitrogens is 2. The van der Waals surface area contributed by atoms with Crippen molar-refractivity contribution in [2.45, 2.75) is 6.61 Å². The quantitative estimate of drug-likeness (QED) is 0.204. The van der Waals surface area contributed by atoms with Gasteiger partial charge < -0.3 is 15.2 Å². The van der Waals surface area contributed by atoms with Gasteiger partial charge in [-0.15, -0.1) is 0 Å². The number of aliphatic carboxylic acids is 1. The summed E-state index contributed by atoms with van der Waals surface area (Å²) in [5.41, 5.74) is 4.81. The van der Waals surface area contributed by atoms with Gasteiger partial charge in [-0.1, -0.05) is 48.0 Å². The molecule has 0 unspecified atom stereocenters. The summed E-state index contributed by atoms with van der Waals surface area (Å²) < 4.78 is 19.2. The molecule has 1 aromatic heterocycles. The van der Waals surface area contributed by atoms with Crippen molar-refractivity contribution in [2.75, 3.05) is 5.32 Å². The largest absolute Gasteiger partial charge is 0.487 e. The van der Waals surface area contributed by atoms with Crippen molar-refractivity contribution < 1.29 is 19.0 Å². The van der Waals surface area contributed by atoms with Gasteiger partial charge in [0.15, 0.2) is 0 Å². The minimum Gasteiger partial charge on any atom is -0.487 e. The molecule has 0 saturated carbocycles. The minimum atomic E-state index is -1.000. The number of ether oxygens (including phenoxy) is 1. The second-order valence-corrected chi connectivity index (χ2v) is 8.85. The number of benzene rings is 4. The van der Waals surface area contributed by atoms with Gasteiger partial charge >= 0.3 is 5.97 Å². The van der Waals surface area contributed by atoms with Crippen LogP contribution in [0.1, 0.15) is 11.1 Å². The van der Waals surface area contributed by atoms with Crippen molar-refractivity contribution in [1.29, 1.82) is 0 Å². The number of carbonyl (C=O) groups is 1. The Balaban J connectivity index is 1.38. The molecule has 5 aromatic rings. The van der Waals surface area contributed by atoms with E-state index in [0.717, 1.165) is 33.7 Å². The predicted octanol–water partition coefficient (Wildman–Crippen LogP) is 7.51. The molecular weight excluding hydrogens is 505 g/mol. The van der Waals surface area contributed by atoms with Crippen LogP contribution in [0.4, 0.5) is 15.9 Å². The van der Waals surface area contributed by atoms with Crippen molar-refractivity contribution in [3.05, 3.63) is 119 Å². The molecule has 8 heteroatoms. The highest BCUT2D eigenvalue weighted by Gasteiger charge is 2.10. The van der Waals surface area contributed by atoms with Crippen LogP contribution in [-0.2, 0) is 11.4 Å². The van der Waals surface area contributed by atoms with E-state index < -0.39 is 5.97 Å². The summed E-state index contributed by atoms with van der Waals surface area (Å²) in [6.07, 6.45) is 4.15. The molecule has 0 aliphatic rings. The average molecular weight is 526 g/mol.